The van der Waals surface area contributed by atoms with Gasteiger partial charge in [0.15, 0.2) is 0 Å². The van der Waals surface area contributed by atoms with E-state index in [0.717, 1.165) is 37.2 Å². The fourth-order valence-corrected chi connectivity index (χ4v) is 3.65. The number of carbonyl (C=O) groups excluding carboxylic acids is 1. The topological polar surface area (TPSA) is 43.8 Å². The van der Waals surface area contributed by atoms with Gasteiger partial charge in [-0.25, -0.2) is 0 Å². The first-order valence-corrected chi connectivity index (χ1v) is 8.88. The number of likely N-dealkylation sites (tertiary alicyclic amines) is 2. The largest absolute Gasteiger partial charge is 0.392 e. The second-order valence-electron chi connectivity index (χ2n) is 6.89. The first kappa shape index (κ1) is 17.0. The number of hydrogen-bond acceptors (Lipinski definition) is 3. The summed E-state index contributed by atoms with van der Waals surface area (Å²) >= 11 is 0. The van der Waals surface area contributed by atoms with Crippen LogP contribution in [0.2, 0.25) is 0 Å². The Labute approximate surface area is 144 Å². The Balaban J connectivity index is 1.64. The van der Waals surface area contributed by atoms with Crippen LogP contribution in [0.5, 0.6) is 0 Å². The third-order valence-corrected chi connectivity index (χ3v) is 5.09. The predicted molar refractivity (Wildman–Crippen MR) is 94.2 cm³/mol. The van der Waals surface area contributed by atoms with Gasteiger partial charge in [0.05, 0.1) is 18.6 Å². The molecule has 2 fully saturated rings. The van der Waals surface area contributed by atoms with Crippen molar-refractivity contribution < 1.29 is 9.90 Å². The van der Waals surface area contributed by atoms with Crippen LogP contribution in [-0.4, -0.2) is 53.5 Å². The molecule has 2 atom stereocenters. The van der Waals surface area contributed by atoms with E-state index >= 15 is 0 Å². The summed E-state index contributed by atoms with van der Waals surface area (Å²) in [5.74, 6) is 6.73. The Kier molecular flexibility index (Phi) is 5.55. The average molecular weight is 326 g/mol. The van der Waals surface area contributed by atoms with Crippen LogP contribution in [0.4, 0.5) is 0 Å². The molecule has 1 aromatic carbocycles. The highest BCUT2D eigenvalue weighted by atomic mass is 16.3. The van der Waals surface area contributed by atoms with Crippen molar-refractivity contribution in [1.82, 2.24) is 9.80 Å². The van der Waals surface area contributed by atoms with E-state index in [2.05, 4.69) is 16.7 Å². The van der Waals surface area contributed by atoms with Gasteiger partial charge < -0.3 is 14.9 Å². The van der Waals surface area contributed by atoms with Crippen molar-refractivity contribution in [3.8, 4) is 11.8 Å². The van der Waals surface area contributed by atoms with Crippen LogP contribution in [0, 0.1) is 17.8 Å². The molecule has 2 heterocycles. The molecular weight excluding hydrogens is 300 g/mol. The minimum atomic E-state index is -0.00919. The maximum absolute atomic E-state index is 12.5. The lowest BCUT2D eigenvalue weighted by Gasteiger charge is -2.28. The number of nitrogens with zero attached hydrogens (tertiary/aromatic N) is 2. The summed E-state index contributed by atoms with van der Waals surface area (Å²) in [7, 11) is 1.86. The number of aliphatic hydroxyl groups excluding tert-OH is 1. The van der Waals surface area contributed by atoms with Gasteiger partial charge in [-0.2, -0.15) is 0 Å². The molecule has 0 aliphatic carbocycles. The molecule has 2 aliphatic rings. The summed E-state index contributed by atoms with van der Waals surface area (Å²) in [4.78, 5) is 16.7. The summed E-state index contributed by atoms with van der Waals surface area (Å²) < 4.78 is 0. The molecule has 0 aromatic heterocycles. The standard InChI is InChI=1S/C20H26N2O2/c1-21-19(9-8-16-6-5-7-17(12-16)15-23)13-18(20(21)24)14-22-10-3-2-4-11-22/h5-7,12,18-19,23H,2-4,10-11,13-15H2,1H3. The van der Waals surface area contributed by atoms with E-state index in [1.165, 1.54) is 19.3 Å². The molecule has 4 heteroatoms. The molecule has 1 aromatic rings. The first-order chi connectivity index (χ1) is 11.7. The number of hydrogen-bond donors (Lipinski definition) is 1. The summed E-state index contributed by atoms with van der Waals surface area (Å²) in [5, 5.41) is 9.20. The number of rotatable bonds is 3. The summed E-state index contributed by atoms with van der Waals surface area (Å²) in [5.41, 5.74) is 1.75. The van der Waals surface area contributed by atoms with Crippen LogP contribution in [0.25, 0.3) is 0 Å². The molecule has 2 aliphatic heterocycles. The molecule has 128 valence electrons. The molecule has 1 amide bonds. The van der Waals surface area contributed by atoms with Gasteiger partial charge in [0.1, 0.15) is 0 Å². The van der Waals surface area contributed by atoms with Gasteiger partial charge in [-0.05, 0) is 50.0 Å². The van der Waals surface area contributed by atoms with E-state index < -0.39 is 0 Å². The Hall–Kier alpha value is -1.83. The zero-order chi connectivity index (χ0) is 16.9. The lowest BCUT2D eigenvalue weighted by molar-refractivity contribution is -0.130. The molecule has 0 saturated carbocycles. The zero-order valence-corrected chi connectivity index (χ0v) is 14.4. The number of piperidine rings is 1. The molecule has 24 heavy (non-hydrogen) atoms. The van der Waals surface area contributed by atoms with E-state index in [4.69, 9.17) is 0 Å². The van der Waals surface area contributed by atoms with Crippen molar-refractivity contribution in [3.63, 3.8) is 0 Å². The Bertz CT molecular complexity index is 641. The van der Waals surface area contributed by atoms with Crippen LogP contribution < -0.4 is 0 Å². The molecule has 2 unspecified atom stereocenters. The van der Waals surface area contributed by atoms with Gasteiger partial charge in [-0.1, -0.05) is 30.4 Å². The fraction of sp³-hybridized carbons (Fsp3) is 0.550. The molecule has 2 saturated heterocycles. The Morgan fingerprint density at radius 1 is 1.25 bits per heavy atom. The number of aliphatic hydroxyl groups is 1. The Morgan fingerprint density at radius 3 is 2.79 bits per heavy atom. The highest BCUT2D eigenvalue weighted by molar-refractivity contribution is 5.82. The predicted octanol–water partition coefficient (Wildman–Crippen LogP) is 1.86. The normalized spacial score (nSPS) is 24.8. The molecule has 0 radical (unpaired) electrons. The number of carbonyl (C=O) groups is 1. The van der Waals surface area contributed by atoms with Crippen molar-refractivity contribution in [2.75, 3.05) is 26.7 Å². The number of benzene rings is 1. The third kappa shape index (κ3) is 3.98. The Morgan fingerprint density at radius 2 is 2.04 bits per heavy atom. The van der Waals surface area contributed by atoms with Crippen molar-refractivity contribution >= 4 is 5.91 Å². The van der Waals surface area contributed by atoms with Crippen LogP contribution >= 0.6 is 0 Å². The molecule has 1 N–H and O–H groups in total. The van der Waals surface area contributed by atoms with Crippen molar-refractivity contribution in [1.29, 1.82) is 0 Å². The van der Waals surface area contributed by atoms with Gasteiger partial charge in [0.2, 0.25) is 5.91 Å². The molecule has 4 nitrogen and oxygen atoms in total. The van der Waals surface area contributed by atoms with Crippen molar-refractivity contribution in [3.05, 3.63) is 35.4 Å². The number of amides is 1. The SMILES string of the molecule is CN1C(=O)C(CN2CCCCC2)CC1C#Cc1cccc(CO)c1. The average Bonchev–Trinajstić information content (AvgIpc) is 2.89. The van der Waals surface area contributed by atoms with E-state index in [0.29, 0.717) is 0 Å². The minimum absolute atomic E-state index is 0.00919. The first-order valence-electron chi connectivity index (χ1n) is 8.88. The fourth-order valence-electron chi connectivity index (χ4n) is 3.65. The maximum Gasteiger partial charge on any atom is 0.227 e. The molecule has 3 rings (SSSR count). The molecular formula is C20H26N2O2. The lowest BCUT2D eigenvalue weighted by Crippen LogP contribution is -2.37. The van der Waals surface area contributed by atoms with Crippen LogP contribution in [0.1, 0.15) is 36.8 Å². The van der Waals surface area contributed by atoms with Crippen molar-refractivity contribution in [2.24, 2.45) is 5.92 Å². The lowest BCUT2D eigenvalue weighted by atomic mass is 10.0. The monoisotopic (exact) mass is 326 g/mol. The van der Waals surface area contributed by atoms with E-state index in [1.807, 2.05) is 31.3 Å². The second-order valence-corrected chi connectivity index (χ2v) is 6.89. The smallest absolute Gasteiger partial charge is 0.227 e. The summed E-state index contributed by atoms with van der Waals surface area (Å²) in [6, 6.07) is 7.61. The van der Waals surface area contributed by atoms with Gasteiger partial charge >= 0.3 is 0 Å². The summed E-state index contributed by atoms with van der Waals surface area (Å²) in [6.07, 6.45) is 4.64. The second kappa shape index (κ2) is 7.83. The van der Waals surface area contributed by atoms with E-state index in [-0.39, 0.29) is 24.5 Å². The molecule has 0 bridgehead atoms. The van der Waals surface area contributed by atoms with Gasteiger partial charge in [-0.3, -0.25) is 4.79 Å². The molecule has 0 spiro atoms. The van der Waals surface area contributed by atoms with E-state index in [1.54, 1.807) is 4.90 Å². The highest BCUT2D eigenvalue weighted by Gasteiger charge is 2.37. The minimum Gasteiger partial charge on any atom is -0.392 e. The van der Waals surface area contributed by atoms with Crippen LogP contribution in [0.3, 0.4) is 0 Å². The maximum atomic E-state index is 12.5. The highest BCUT2D eigenvalue weighted by Crippen LogP contribution is 2.25. The van der Waals surface area contributed by atoms with Gasteiger partial charge in [0, 0.05) is 19.2 Å². The quantitative estimate of drug-likeness (QED) is 0.863. The van der Waals surface area contributed by atoms with Crippen LogP contribution in [-0.2, 0) is 11.4 Å². The third-order valence-electron chi connectivity index (χ3n) is 5.09. The van der Waals surface area contributed by atoms with Gasteiger partial charge in [-0.15, -0.1) is 0 Å². The zero-order valence-electron chi connectivity index (χ0n) is 14.4. The van der Waals surface area contributed by atoms with Gasteiger partial charge in [0.25, 0.3) is 0 Å². The van der Waals surface area contributed by atoms with Crippen LogP contribution in [0.15, 0.2) is 24.3 Å². The van der Waals surface area contributed by atoms with Crippen molar-refractivity contribution in [2.45, 2.75) is 38.3 Å². The van der Waals surface area contributed by atoms with E-state index in [9.17, 15) is 9.90 Å². The summed E-state index contributed by atoms with van der Waals surface area (Å²) in [6.45, 7) is 3.15.